The number of nitrogens with one attached hydrogen (secondary N) is 1. The van der Waals surface area contributed by atoms with Crippen molar-refractivity contribution in [3.8, 4) is 28.5 Å². The number of ether oxygens (including phenoxy) is 5. The fourth-order valence-electron chi connectivity index (χ4n) is 7.83. The predicted octanol–water partition coefficient (Wildman–Crippen LogP) is 8.05. The number of carbonyl (C=O) groups is 1. The molecular weight excluding hydrogens is 628 g/mol. The largest absolute Gasteiger partial charge is 0.497 e. The topological polar surface area (TPSA) is 80.2 Å². The van der Waals surface area contributed by atoms with Gasteiger partial charge in [-0.1, -0.05) is 67.8 Å². The smallest absolute Gasteiger partial charge is 0.251 e. The summed E-state index contributed by atoms with van der Waals surface area (Å²) in [4.78, 5) is 14.0. The van der Waals surface area contributed by atoms with E-state index in [1.54, 1.807) is 7.11 Å². The van der Waals surface area contributed by atoms with Crippen LogP contribution in [-0.4, -0.2) is 49.7 Å². The number of nitrogens with zero attached hydrogens (tertiary/aromatic N) is 1. The van der Waals surface area contributed by atoms with E-state index < -0.39 is 6.29 Å². The molecule has 8 heteroatoms. The normalized spacial score (nSPS) is 17.0. The van der Waals surface area contributed by atoms with Crippen LogP contribution in [0.15, 0.2) is 91.0 Å². The van der Waals surface area contributed by atoms with Gasteiger partial charge in [0, 0.05) is 28.1 Å². The van der Waals surface area contributed by atoms with Gasteiger partial charge in [-0.15, -0.1) is 0 Å². The molecule has 1 saturated heterocycles. The molecule has 50 heavy (non-hydrogen) atoms. The van der Waals surface area contributed by atoms with E-state index in [0.717, 1.165) is 39.5 Å². The van der Waals surface area contributed by atoms with Crippen molar-refractivity contribution in [1.29, 1.82) is 0 Å². The minimum absolute atomic E-state index is 0.149. The highest BCUT2D eigenvalue weighted by atomic mass is 16.7. The summed E-state index contributed by atoms with van der Waals surface area (Å²) in [5.41, 5.74) is 7.52. The number of carbonyl (C=O) groups excluding carboxylic acids is 1. The van der Waals surface area contributed by atoms with Gasteiger partial charge in [-0.25, -0.2) is 0 Å². The minimum Gasteiger partial charge on any atom is -0.497 e. The summed E-state index contributed by atoms with van der Waals surface area (Å²) in [6.45, 7) is 2.74. The van der Waals surface area contributed by atoms with Crippen LogP contribution in [0.2, 0.25) is 0 Å². The summed E-state index contributed by atoms with van der Waals surface area (Å²) in [5, 5.41) is 4.50. The summed E-state index contributed by atoms with van der Waals surface area (Å²) in [6.07, 6.45) is 6.13. The van der Waals surface area contributed by atoms with Crippen LogP contribution in [-0.2, 0) is 29.0 Å². The lowest BCUT2D eigenvalue weighted by atomic mass is 9.81. The third-order valence-corrected chi connectivity index (χ3v) is 10.3. The molecule has 0 radical (unpaired) electrons. The van der Waals surface area contributed by atoms with E-state index in [2.05, 4.69) is 28.1 Å². The second kappa shape index (κ2) is 14.6. The molecule has 1 saturated carbocycles. The number of hydrogen-bond acceptors (Lipinski definition) is 6. The number of fused-ring (bicyclic) bond motifs is 5. The van der Waals surface area contributed by atoms with Crippen molar-refractivity contribution in [3.05, 3.63) is 113 Å². The van der Waals surface area contributed by atoms with E-state index in [4.69, 9.17) is 23.7 Å². The van der Waals surface area contributed by atoms with E-state index >= 15 is 0 Å². The van der Waals surface area contributed by atoms with Crippen LogP contribution in [0.3, 0.4) is 0 Å². The molecule has 2 aliphatic heterocycles. The Morgan fingerprint density at radius 1 is 0.860 bits per heavy atom. The van der Waals surface area contributed by atoms with Crippen molar-refractivity contribution in [3.63, 3.8) is 0 Å². The fourth-order valence-corrected chi connectivity index (χ4v) is 7.83. The van der Waals surface area contributed by atoms with Crippen LogP contribution >= 0.6 is 0 Å². The van der Waals surface area contributed by atoms with Crippen molar-refractivity contribution in [2.45, 2.75) is 69.9 Å². The molecule has 1 atom stereocenters. The molecule has 3 heterocycles. The van der Waals surface area contributed by atoms with Crippen molar-refractivity contribution in [2.24, 2.45) is 0 Å². The van der Waals surface area contributed by atoms with Gasteiger partial charge in [-0.2, -0.15) is 0 Å². The molecule has 5 aromatic rings. The van der Waals surface area contributed by atoms with Crippen molar-refractivity contribution in [1.82, 2.24) is 9.88 Å². The lowest BCUT2D eigenvalue weighted by Gasteiger charge is -2.24. The van der Waals surface area contributed by atoms with Gasteiger partial charge < -0.3 is 33.6 Å². The van der Waals surface area contributed by atoms with Gasteiger partial charge in [0.1, 0.15) is 30.5 Å². The van der Waals surface area contributed by atoms with Crippen molar-refractivity contribution < 1.29 is 28.5 Å². The zero-order valence-corrected chi connectivity index (χ0v) is 28.6. The SMILES string of the molecule is COc1ccc2c(c1)OCCn1c-2c(C2CCCCC2)c2ccc(C(=O)N[C@@H](Cc3ccc(OCc4ccccc4)cc3)C3OCCO3)cc21. The Bertz CT molecular complexity index is 1940. The zero-order chi connectivity index (χ0) is 33.9. The molecule has 8 nitrogen and oxygen atoms in total. The first kappa shape index (κ1) is 32.4. The highest BCUT2D eigenvalue weighted by Crippen LogP contribution is 2.47. The van der Waals surface area contributed by atoms with E-state index in [1.807, 2.05) is 72.8 Å². The number of rotatable bonds is 10. The lowest BCUT2D eigenvalue weighted by molar-refractivity contribution is -0.0652. The quantitative estimate of drug-likeness (QED) is 0.162. The van der Waals surface area contributed by atoms with E-state index in [0.29, 0.717) is 50.9 Å². The number of hydrogen-bond donors (Lipinski definition) is 1. The number of benzene rings is 4. The maximum atomic E-state index is 14.0. The summed E-state index contributed by atoms with van der Waals surface area (Å²) >= 11 is 0. The first-order valence-corrected chi connectivity index (χ1v) is 17.9. The zero-order valence-electron chi connectivity index (χ0n) is 28.6. The standard InChI is InChI=1S/C42H44N2O6/c1-46-33-17-19-35-38(26-33)47-21-20-44-37-25-31(14-18-34(37)39(40(35)44)30-10-6-3-7-11-30)41(45)43-36(42-48-22-23-49-42)24-28-12-15-32(16-13-28)50-27-29-8-4-2-5-9-29/h2,4-5,8-9,12-19,25-26,30,36,42H,3,6-7,10-11,20-24,27H2,1H3,(H,43,45)/t36-/m0/s1. The first-order valence-electron chi connectivity index (χ1n) is 17.9. The van der Waals surface area contributed by atoms with Crippen LogP contribution in [0, 0.1) is 0 Å². The molecular formula is C42H44N2O6. The first-order chi connectivity index (χ1) is 24.6. The van der Waals surface area contributed by atoms with E-state index in [-0.39, 0.29) is 11.9 Å². The molecule has 1 amide bonds. The van der Waals surface area contributed by atoms with Crippen LogP contribution in [0.4, 0.5) is 0 Å². The molecule has 0 unspecified atom stereocenters. The third kappa shape index (κ3) is 6.70. The summed E-state index contributed by atoms with van der Waals surface area (Å²) < 4.78 is 32.0. The second-order valence-corrected chi connectivity index (χ2v) is 13.5. The average molecular weight is 673 g/mol. The average Bonchev–Trinajstić information content (AvgIpc) is 3.77. The van der Waals surface area contributed by atoms with Gasteiger partial charge in [0.25, 0.3) is 5.91 Å². The fraction of sp³-hybridized carbons (Fsp3) is 0.357. The molecule has 8 rings (SSSR count). The third-order valence-electron chi connectivity index (χ3n) is 10.3. The molecule has 258 valence electrons. The Labute approximate surface area is 293 Å². The summed E-state index contributed by atoms with van der Waals surface area (Å²) in [7, 11) is 1.68. The molecule has 1 N–H and O–H groups in total. The molecule has 4 aromatic carbocycles. The van der Waals surface area contributed by atoms with Gasteiger partial charge in [0.15, 0.2) is 6.29 Å². The van der Waals surface area contributed by atoms with Gasteiger partial charge in [-0.05, 0) is 78.3 Å². The van der Waals surface area contributed by atoms with Gasteiger partial charge in [0.05, 0.1) is 38.6 Å². The Morgan fingerprint density at radius 3 is 2.42 bits per heavy atom. The van der Waals surface area contributed by atoms with E-state index in [9.17, 15) is 4.79 Å². The lowest BCUT2D eigenvalue weighted by Crippen LogP contribution is -2.45. The minimum atomic E-state index is -0.523. The molecule has 3 aliphatic rings. The van der Waals surface area contributed by atoms with Crippen LogP contribution in [0.5, 0.6) is 17.2 Å². The van der Waals surface area contributed by atoms with E-state index in [1.165, 1.54) is 48.7 Å². The Balaban J connectivity index is 1.07. The number of methoxy groups -OCH3 is 1. The van der Waals surface area contributed by atoms with Crippen LogP contribution in [0.1, 0.15) is 65.1 Å². The molecule has 0 spiro atoms. The van der Waals surface area contributed by atoms with Gasteiger partial charge in [0.2, 0.25) is 0 Å². The van der Waals surface area contributed by atoms with Crippen molar-refractivity contribution >= 4 is 16.8 Å². The maximum Gasteiger partial charge on any atom is 0.251 e. The molecule has 2 fully saturated rings. The molecule has 1 aliphatic carbocycles. The number of aromatic nitrogens is 1. The van der Waals surface area contributed by atoms with Crippen LogP contribution in [0.25, 0.3) is 22.2 Å². The highest BCUT2D eigenvalue weighted by Gasteiger charge is 2.32. The highest BCUT2D eigenvalue weighted by molar-refractivity contribution is 6.01. The summed E-state index contributed by atoms with van der Waals surface area (Å²) in [6, 6.07) is 30.1. The second-order valence-electron chi connectivity index (χ2n) is 13.5. The van der Waals surface area contributed by atoms with Crippen molar-refractivity contribution in [2.75, 3.05) is 26.9 Å². The Kier molecular flexibility index (Phi) is 9.46. The molecule has 0 bridgehead atoms. The maximum absolute atomic E-state index is 14.0. The summed E-state index contributed by atoms with van der Waals surface area (Å²) in [5.74, 6) is 2.74. The monoisotopic (exact) mass is 672 g/mol. The van der Waals surface area contributed by atoms with Gasteiger partial charge in [-0.3, -0.25) is 4.79 Å². The number of amides is 1. The Morgan fingerprint density at radius 2 is 1.64 bits per heavy atom. The van der Waals surface area contributed by atoms with Crippen LogP contribution < -0.4 is 19.5 Å². The predicted molar refractivity (Wildman–Crippen MR) is 193 cm³/mol. The molecule has 1 aromatic heterocycles. The Hall–Kier alpha value is -4.79. The van der Waals surface area contributed by atoms with Gasteiger partial charge >= 0.3 is 0 Å².